The number of aromatic amines is 1. The molecule has 1 aliphatic heterocycles. The van der Waals surface area contributed by atoms with E-state index < -0.39 is 48.3 Å². The highest BCUT2D eigenvalue weighted by atomic mass is 16.6. The van der Waals surface area contributed by atoms with Gasteiger partial charge >= 0.3 is 0 Å². The summed E-state index contributed by atoms with van der Waals surface area (Å²) in [7, 11) is 0. The summed E-state index contributed by atoms with van der Waals surface area (Å²) in [6, 6.07) is 4.99. The smallest absolute Gasteiger partial charge is 0.280 e. The number of benzene rings is 2. The highest BCUT2D eigenvalue weighted by Crippen LogP contribution is 2.48. The first kappa shape index (κ1) is 25.8. The van der Waals surface area contributed by atoms with E-state index >= 15 is 0 Å². The average Bonchev–Trinajstić information content (AvgIpc) is 3.59. The van der Waals surface area contributed by atoms with Gasteiger partial charge in [0.15, 0.2) is 11.2 Å². The van der Waals surface area contributed by atoms with Gasteiger partial charge in [-0.15, -0.1) is 0 Å². The third-order valence-corrected chi connectivity index (χ3v) is 9.08. The average molecular weight is 577 g/mol. The Morgan fingerprint density at radius 2 is 2.00 bits per heavy atom. The van der Waals surface area contributed by atoms with Crippen molar-refractivity contribution in [2.75, 3.05) is 11.9 Å². The number of H-pyrrole nitrogens is 1. The lowest BCUT2D eigenvalue weighted by Gasteiger charge is -2.39. The SMILES string of the molecule is O=c1[15nH]c([15NH][C@@H]2c3c(cc4c5c6c(ccc35)C=CCC6=CC4)[C@@H](O)[C@H](O)[C@@H]2O)[15n]c2c1[15n]c[15n]2[C@H]1C[C@H](O)[C@@H](CO)O1. The third-order valence-electron chi connectivity index (χ3n) is 9.08. The number of rotatable bonds is 4. The van der Waals surface area contributed by atoms with Crippen LogP contribution in [-0.4, -0.2) is 76.1 Å². The largest absolute Gasteiger partial charge is 0.394 e. The van der Waals surface area contributed by atoms with E-state index in [1.165, 1.54) is 16.5 Å². The van der Waals surface area contributed by atoms with Crippen LogP contribution in [0.4, 0.5) is 5.95 Å². The first-order valence-electron chi connectivity index (χ1n) is 14.0. The maximum absolute atomic E-state index is 13.1. The quantitative estimate of drug-likeness (QED) is 0.174. The van der Waals surface area contributed by atoms with Crippen LogP contribution in [-0.2, 0) is 11.2 Å². The van der Waals surface area contributed by atoms with Gasteiger partial charge in [0.25, 0.3) is 5.56 Å². The molecule has 3 heterocycles. The zero-order chi connectivity index (χ0) is 28.9. The number of aromatic nitrogens is 4. The molecule has 2 aromatic carbocycles. The predicted molar refractivity (Wildman–Crippen MR) is 152 cm³/mol. The van der Waals surface area contributed by atoms with Gasteiger partial charge in [-0.3, -0.25) is 14.3 Å². The first-order chi connectivity index (χ1) is 20.3. The summed E-state index contributed by atoms with van der Waals surface area (Å²) >= 11 is 0. The molecule has 3 aliphatic carbocycles. The lowest BCUT2D eigenvalue weighted by atomic mass is 9.74. The van der Waals surface area contributed by atoms with E-state index in [9.17, 15) is 30.3 Å². The van der Waals surface area contributed by atoms with Gasteiger partial charge in [-0.05, 0) is 57.0 Å². The van der Waals surface area contributed by atoms with Gasteiger partial charge < -0.3 is 35.6 Å². The van der Waals surface area contributed by atoms with Gasteiger partial charge in [-0.1, -0.05) is 36.4 Å². The molecule has 7 N–H and O–H groups in total. The number of nitrogens with one attached hydrogen (secondary N) is 2. The first-order valence-corrected chi connectivity index (χ1v) is 14.0. The molecule has 1 fully saturated rings. The molecule has 4 aliphatic rings. The predicted octanol–water partition coefficient (Wildman–Crippen LogP) is 1.19. The van der Waals surface area contributed by atoms with Gasteiger partial charge in [0, 0.05) is 6.42 Å². The molecule has 7 atom stereocenters. The fraction of sp³-hybridized carbons (Fsp3) is 0.367. The van der Waals surface area contributed by atoms with Crippen molar-refractivity contribution < 1.29 is 30.3 Å². The van der Waals surface area contributed by atoms with Crippen molar-refractivity contribution in [2.24, 2.45) is 0 Å². The van der Waals surface area contributed by atoms with Crippen molar-refractivity contribution in [3.8, 4) is 0 Å². The molecule has 8 rings (SSSR count). The molecule has 0 amide bonds. The molecule has 0 saturated carbocycles. The summed E-state index contributed by atoms with van der Waals surface area (Å²) < 4.78 is 7.28. The zero-order valence-electron chi connectivity index (χ0n) is 22.3. The van der Waals surface area contributed by atoms with Crippen LogP contribution in [0.1, 0.15) is 59.0 Å². The fourth-order valence-electron chi connectivity index (χ4n) is 7.04. The van der Waals surface area contributed by atoms with Gasteiger partial charge in [-0.25, -0.2) is 4.98 Å². The van der Waals surface area contributed by atoms with Crippen molar-refractivity contribution in [1.29, 1.82) is 0 Å². The molecular formula is C30H29N5O7. The standard InChI is InChI=1S/C30H29N5O7/c36-10-18-17(37)9-19(42-18)35-11-31-24-28(35)33-30(34-29(24)41)32-23-22-15-7-6-13-3-1-2-12-4-5-14(21(15)20(12)13)8-16(22)25(38)27(40)26(23)39/h1,3-4,6-8,11,17-19,23,25-27,36-40H,2,5,9-10H2,(H2,32,33,34,41)/t17-,18+,19+,23+,25+,26+,27-/m0/s1/i31+1,32+1,33+1,34+1,35+1. The summed E-state index contributed by atoms with van der Waals surface area (Å²) in [5.41, 5.74) is 5.37. The number of fused-ring (bicyclic) bond motifs is 3. The molecule has 1 saturated heterocycles. The second-order valence-corrected chi connectivity index (χ2v) is 11.4. The van der Waals surface area contributed by atoms with Crippen LogP contribution >= 0.6 is 0 Å². The minimum absolute atomic E-state index is 0.0240. The van der Waals surface area contributed by atoms with Crippen LogP contribution in [0, 0.1) is 0 Å². The number of anilines is 1. The maximum Gasteiger partial charge on any atom is 0.280 e. The Morgan fingerprint density at radius 3 is 2.81 bits per heavy atom. The van der Waals surface area contributed by atoms with Gasteiger partial charge in [0.2, 0.25) is 5.95 Å². The number of aliphatic hydroxyl groups excluding tert-OH is 5. The summed E-state index contributed by atoms with van der Waals surface area (Å²) in [6.07, 6.45) is 2.96. The molecule has 12 nitrogen and oxygen atoms in total. The van der Waals surface area contributed by atoms with Crippen LogP contribution in [0.2, 0.25) is 0 Å². The molecule has 0 bridgehead atoms. The summed E-state index contributed by atoms with van der Waals surface area (Å²) in [5.74, 6) is 0.0240. The molecule has 0 unspecified atom stereocenters. The Kier molecular flexibility index (Phi) is 5.70. The molecular weight excluding hydrogens is 547 g/mol. The molecule has 2 aromatic heterocycles. The second kappa shape index (κ2) is 9.30. The van der Waals surface area contributed by atoms with Crippen molar-refractivity contribution in [3.05, 3.63) is 74.8 Å². The Morgan fingerprint density at radius 1 is 1.14 bits per heavy atom. The van der Waals surface area contributed by atoms with Crippen LogP contribution in [0.3, 0.4) is 0 Å². The number of allylic oxidation sites excluding steroid dienone is 3. The topological polar surface area (TPSA) is 186 Å². The van der Waals surface area contributed by atoms with Gasteiger partial charge in [0.1, 0.15) is 30.6 Å². The van der Waals surface area contributed by atoms with E-state index in [0.717, 1.165) is 33.9 Å². The summed E-state index contributed by atoms with van der Waals surface area (Å²) in [4.78, 5) is 24.5. The number of imidazole rings is 1. The summed E-state index contributed by atoms with van der Waals surface area (Å²) in [5, 5.41) is 58.1. The molecule has 0 radical (unpaired) electrons. The molecule has 4 aromatic rings. The van der Waals surface area contributed by atoms with Crippen molar-refractivity contribution in [1.82, 2.24) is 19.5 Å². The number of hydrogen-bond donors (Lipinski definition) is 7. The van der Waals surface area contributed by atoms with E-state index in [4.69, 9.17) is 4.74 Å². The Hall–Kier alpha value is -3.91. The molecule has 216 valence electrons. The van der Waals surface area contributed by atoms with Gasteiger partial charge in [-0.2, -0.15) is 4.98 Å². The lowest BCUT2D eigenvalue weighted by molar-refractivity contribution is -0.0767. The fourth-order valence-corrected chi connectivity index (χ4v) is 7.04. The van der Waals surface area contributed by atoms with Crippen molar-refractivity contribution >= 4 is 39.5 Å². The number of aliphatic hydroxyl groups is 5. The zero-order valence-corrected chi connectivity index (χ0v) is 22.3. The number of hydrogen-bond acceptors (Lipinski definition) is 10. The van der Waals surface area contributed by atoms with Gasteiger partial charge in [0.05, 0.1) is 25.1 Å². The number of ether oxygens (including phenoxy) is 1. The van der Waals surface area contributed by atoms with Crippen LogP contribution < -0.4 is 10.9 Å². The Labute approximate surface area is 238 Å². The van der Waals surface area contributed by atoms with Crippen molar-refractivity contribution in [2.45, 2.75) is 62.1 Å². The van der Waals surface area contributed by atoms with Crippen LogP contribution in [0.15, 0.2) is 41.5 Å². The summed E-state index contributed by atoms with van der Waals surface area (Å²) in [6.45, 7) is -0.356. The number of nitrogens with zero attached hydrogens (tertiary/aromatic N) is 3. The minimum Gasteiger partial charge on any atom is -0.394 e. The van der Waals surface area contributed by atoms with E-state index in [1.807, 2.05) is 18.2 Å². The molecule has 42 heavy (non-hydrogen) atoms. The normalized spacial score (nSPS) is 29.6. The molecule has 0 spiro atoms. The highest BCUT2D eigenvalue weighted by Gasteiger charge is 2.43. The Balaban J connectivity index is 1.27. The Bertz CT molecular complexity index is 1890. The van der Waals surface area contributed by atoms with Crippen LogP contribution in [0.25, 0.3) is 33.6 Å². The minimum atomic E-state index is -1.49. The van der Waals surface area contributed by atoms with Crippen molar-refractivity contribution in [3.63, 3.8) is 0 Å². The highest BCUT2D eigenvalue weighted by molar-refractivity contribution is 6.04. The molecule has 12 heteroatoms. The van der Waals surface area contributed by atoms with Crippen LogP contribution in [0.5, 0.6) is 0 Å². The monoisotopic (exact) mass is 576 g/mol. The third kappa shape index (κ3) is 3.60. The van der Waals surface area contributed by atoms with E-state index in [1.54, 1.807) is 0 Å². The maximum atomic E-state index is 13.1. The lowest BCUT2D eigenvalue weighted by Crippen LogP contribution is -2.45. The van der Waals surface area contributed by atoms with E-state index in [0.29, 0.717) is 17.5 Å². The van der Waals surface area contributed by atoms with E-state index in [-0.39, 0.29) is 30.1 Å². The van der Waals surface area contributed by atoms with E-state index in [2.05, 4.69) is 38.5 Å². The second-order valence-electron chi connectivity index (χ2n) is 11.4.